The van der Waals surface area contributed by atoms with Gasteiger partial charge in [0.1, 0.15) is 0 Å². The van der Waals surface area contributed by atoms with Crippen molar-refractivity contribution >= 4 is 25.8 Å². The summed E-state index contributed by atoms with van der Waals surface area (Å²) in [6.07, 6.45) is 1.76. The summed E-state index contributed by atoms with van der Waals surface area (Å²) in [4.78, 5) is 0. The van der Waals surface area contributed by atoms with Crippen molar-refractivity contribution in [1.82, 2.24) is 0 Å². The van der Waals surface area contributed by atoms with Crippen LogP contribution in [0.15, 0.2) is 28.7 Å². The fourth-order valence-corrected chi connectivity index (χ4v) is 3.28. The van der Waals surface area contributed by atoms with Gasteiger partial charge in [0.2, 0.25) is 0 Å². The maximum Gasteiger partial charge on any atom is 0.152 e. The van der Waals surface area contributed by atoms with E-state index in [1.54, 1.807) is 0 Å². The molecule has 16 heavy (non-hydrogen) atoms. The zero-order valence-electron chi connectivity index (χ0n) is 9.35. The molecule has 0 unspecified atom stereocenters. The van der Waals surface area contributed by atoms with Gasteiger partial charge in [0.15, 0.2) is 9.84 Å². The predicted molar refractivity (Wildman–Crippen MR) is 70.0 cm³/mol. The fourth-order valence-electron chi connectivity index (χ4n) is 1.72. The molecule has 0 radical (unpaired) electrons. The lowest BCUT2D eigenvalue weighted by atomic mass is 10.0. The summed E-state index contributed by atoms with van der Waals surface area (Å²) < 4.78 is 24.1. The lowest BCUT2D eigenvalue weighted by Crippen LogP contribution is -2.32. The molecule has 0 bridgehead atoms. The maximum absolute atomic E-state index is 11.6. The number of nitrogens with two attached hydrogens (primary N) is 1. The molecule has 0 saturated carbocycles. The van der Waals surface area contributed by atoms with E-state index in [0.29, 0.717) is 6.42 Å². The Morgan fingerprint density at radius 1 is 1.31 bits per heavy atom. The summed E-state index contributed by atoms with van der Waals surface area (Å²) in [7, 11) is -3.11. The molecule has 1 rings (SSSR count). The van der Waals surface area contributed by atoms with Crippen LogP contribution in [0.25, 0.3) is 0 Å². The van der Waals surface area contributed by atoms with Crippen LogP contribution in [0.5, 0.6) is 0 Å². The third-order valence-electron chi connectivity index (χ3n) is 2.61. The van der Waals surface area contributed by atoms with Crippen molar-refractivity contribution in [2.45, 2.75) is 24.6 Å². The van der Waals surface area contributed by atoms with Gasteiger partial charge in [-0.3, -0.25) is 0 Å². The summed E-state index contributed by atoms with van der Waals surface area (Å²) in [5, 5.41) is -0.520. The zero-order valence-corrected chi connectivity index (χ0v) is 11.8. The number of benzene rings is 1. The highest BCUT2D eigenvalue weighted by Crippen LogP contribution is 2.23. The van der Waals surface area contributed by atoms with Gasteiger partial charge in [-0.2, -0.15) is 0 Å². The average molecular weight is 306 g/mol. The molecule has 0 heterocycles. The number of halogens is 1. The molecule has 5 heteroatoms. The van der Waals surface area contributed by atoms with Crippen LogP contribution in [0, 0.1) is 0 Å². The van der Waals surface area contributed by atoms with Gasteiger partial charge in [-0.1, -0.05) is 35.0 Å². The van der Waals surface area contributed by atoms with Gasteiger partial charge in [0, 0.05) is 16.8 Å². The Balaban J connectivity index is 3.00. The highest BCUT2D eigenvalue weighted by molar-refractivity contribution is 9.10. The van der Waals surface area contributed by atoms with Crippen molar-refractivity contribution in [3.05, 3.63) is 34.3 Å². The Morgan fingerprint density at radius 3 is 2.19 bits per heavy atom. The smallest absolute Gasteiger partial charge is 0.152 e. The zero-order chi connectivity index (χ0) is 12.3. The molecule has 3 nitrogen and oxygen atoms in total. The van der Waals surface area contributed by atoms with E-state index in [1.165, 1.54) is 6.26 Å². The van der Waals surface area contributed by atoms with E-state index in [2.05, 4.69) is 15.9 Å². The van der Waals surface area contributed by atoms with Crippen molar-refractivity contribution in [3.63, 3.8) is 0 Å². The van der Waals surface area contributed by atoms with Crippen LogP contribution in [0.1, 0.15) is 24.9 Å². The Hall–Kier alpha value is -0.390. The third kappa shape index (κ3) is 3.30. The predicted octanol–water partition coefficient (Wildman–Crippen LogP) is 2.27. The molecule has 2 N–H and O–H groups in total. The second kappa shape index (κ2) is 5.29. The first-order valence-electron chi connectivity index (χ1n) is 5.06. The molecule has 90 valence electrons. The van der Waals surface area contributed by atoms with Crippen LogP contribution in [-0.4, -0.2) is 19.9 Å². The first-order valence-corrected chi connectivity index (χ1v) is 7.81. The Morgan fingerprint density at radius 2 is 1.81 bits per heavy atom. The molecule has 2 atom stereocenters. The molecule has 1 aromatic carbocycles. The number of sulfone groups is 1. The van der Waals surface area contributed by atoms with Gasteiger partial charge in [0.25, 0.3) is 0 Å². The Labute approximate surface area is 105 Å². The normalized spacial score (nSPS) is 15.8. The van der Waals surface area contributed by atoms with Crippen LogP contribution in [0.4, 0.5) is 0 Å². The van der Waals surface area contributed by atoms with Gasteiger partial charge in [-0.15, -0.1) is 0 Å². The van der Waals surface area contributed by atoms with Crippen molar-refractivity contribution < 1.29 is 8.42 Å². The molecule has 0 amide bonds. The molecule has 1 aromatic rings. The van der Waals surface area contributed by atoms with Crippen molar-refractivity contribution in [2.75, 3.05) is 6.26 Å². The highest BCUT2D eigenvalue weighted by atomic mass is 79.9. The summed E-state index contributed by atoms with van der Waals surface area (Å²) in [6.45, 7) is 1.84. The molecule has 0 fully saturated rings. The lowest BCUT2D eigenvalue weighted by molar-refractivity contribution is 0.553. The Bertz CT molecular complexity index is 442. The van der Waals surface area contributed by atoms with Gasteiger partial charge >= 0.3 is 0 Å². The topological polar surface area (TPSA) is 60.2 Å². The lowest BCUT2D eigenvalue weighted by Gasteiger charge is -2.21. The van der Waals surface area contributed by atoms with Crippen LogP contribution in [0.2, 0.25) is 0 Å². The summed E-state index contributed by atoms with van der Waals surface area (Å²) >= 11 is 3.33. The van der Waals surface area contributed by atoms with E-state index in [9.17, 15) is 8.42 Å². The van der Waals surface area contributed by atoms with Crippen LogP contribution in [0.3, 0.4) is 0 Å². The van der Waals surface area contributed by atoms with Crippen LogP contribution in [-0.2, 0) is 9.84 Å². The van der Waals surface area contributed by atoms with Crippen molar-refractivity contribution in [1.29, 1.82) is 0 Å². The number of rotatable bonds is 4. The van der Waals surface area contributed by atoms with Gasteiger partial charge in [-0.25, -0.2) is 8.42 Å². The molecule has 0 aliphatic carbocycles. The van der Waals surface area contributed by atoms with Crippen LogP contribution >= 0.6 is 15.9 Å². The van der Waals surface area contributed by atoms with E-state index < -0.39 is 21.1 Å². The van der Waals surface area contributed by atoms with E-state index in [4.69, 9.17) is 5.73 Å². The maximum atomic E-state index is 11.6. The Kier molecular flexibility index (Phi) is 4.52. The average Bonchev–Trinajstić information content (AvgIpc) is 2.17. The number of hydrogen-bond acceptors (Lipinski definition) is 3. The third-order valence-corrected chi connectivity index (χ3v) is 4.86. The van der Waals surface area contributed by atoms with Gasteiger partial charge < -0.3 is 5.73 Å². The van der Waals surface area contributed by atoms with E-state index >= 15 is 0 Å². The first-order chi connectivity index (χ1) is 7.36. The minimum atomic E-state index is -3.11. The minimum absolute atomic E-state index is 0.465. The second-order valence-electron chi connectivity index (χ2n) is 3.85. The second-order valence-corrected chi connectivity index (χ2v) is 7.03. The molecule has 0 aliphatic heterocycles. The summed E-state index contributed by atoms with van der Waals surface area (Å²) in [5.74, 6) is 0. The molecule has 0 aromatic heterocycles. The molecule has 0 spiro atoms. The van der Waals surface area contributed by atoms with E-state index in [1.807, 2.05) is 31.2 Å². The van der Waals surface area contributed by atoms with Gasteiger partial charge in [-0.05, 0) is 24.1 Å². The number of hydrogen-bond donors (Lipinski definition) is 1. The van der Waals surface area contributed by atoms with Crippen molar-refractivity contribution in [3.8, 4) is 0 Å². The van der Waals surface area contributed by atoms with Crippen molar-refractivity contribution in [2.24, 2.45) is 5.73 Å². The van der Waals surface area contributed by atoms with Gasteiger partial charge in [0.05, 0.1) is 5.25 Å². The van der Waals surface area contributed by atoms with E-state index in [-0.39, 0.29) is 0 Å². The quantitative estimate of drug-likeness (QED) is 0.928. The SMILES string of the molecule is CC[C@@H]([C@@H](N)c1ccc(Br)cc1)S(C)(=O)=O. The standard InChI is InChI=1S/C11H16BrNO2S/c1-3-10(16(2,14)15)11(13)8-4-6-9(12)7-5-8/h4-7,10-11H,3,13H2,1-2H3/t10-,11-/m0/s1. The fraction of sp³-hybridized carbons (Fsp3) is 0.455. The molecule has 0 aliphatic rings. The summed E-state index contributed by atoms with van der Waals surface area (Å²) in [5.41, 5.74) is 6.84. The first kappa shape index (κ1) is 13.7. The van der Waals surface area contributed by atoms with Crippen LogP contribution < -0.4 is 5.73 Å². The molecular formula is C11H16BrNO2S. The summed E-state index contributed by atoms with van der Waals surface area (Å²) in [6, 6.07) is 6.97. The molecule has 0 saturated heterocycles. The largest absolute Gasteiger partial charge is 0.323 e. The monoisotopic (exact) mass is 305 g/mol. The highest BCUT2D eigenvalue weighted by Gasteiger charge is 2.26. The minimum Gasteiger partial charge on any atom is -0.323 e. The van der Waals surface area contributed by atoms with E-state index in [0.717, 1.165) is 10.0 Å². The molecular weight excluding hydrogens is 290 g/mol.